The third-order valence-electron chi connectivity index (χ3n) is 4.46. The van der Waals surface area contributed by atoms with Crippen LogP contribution < -0.4 is 0 Å². The summed E-state index contributed by atoms with van der Waals surface area (Å²) in [6.45, 7) is 3.00. The van der Waals surface area contributed by atoms with Crippen LogP contribution in [0.2, 0.25) is 0 Å². The first-order valence-electron chi connectivity index (χ1n) is 7.90. The van der Waals surface area contributed by atoms with Crippen molar-refractivity contribution in [3.05, 3.63) is 0 Å². The fraction of sp³-hybridized carbons (Fsp3) is 0.867. The summed E-state index contributed by atoms with van der Waals surface area (Å²) in [6.07, 6.45) is 7.85. The Bertz CT molecular complexity index is 338. The van der Waals surface area contributed by atoms with Gasteiger partial charge in [-0.05, 0) is 32.2 Å². The number of aliphatic carboxylic acids is 1. The van der Waals surface area contributed by atoms with Crippen LogP contribution in [0.5, 0.6) is 0 Å². The number of carboxylic acids is 1. The van der Waals surface area contributed by atoms with Gasteiger partial charge in [0.15, 0.2) is 0 Å². The second-order valence-electron chi connectivity index (χ2n) is 6.01. The van der Waals surface area contributed by atoms with Gasteiger partial charge in [0.1, 0.15) is 0 Å². The number of hydrogen-bond donors (Lipinski definition) is 1. The van der Waals surface area contributed by atoms with Gasteiger partial charge in [-0.2, -0.15) is 0 Å². The molecule has 0 spiro atoms. The first kappa shape index (κ1) is 15.3. The van der Waals surface area contributed by atoms with Crippen LogP contribution in [0.3, 0.4) is 0 Å². The molecule has 0 aliphatic carbocycles. The Hall–Kier alpha value is -1.10. The summed E-state index contributed by atoms with van der Waals surface area (Å²) >= 11 is 0. The van der Waals surface area contributed by atoms with E-state index in [4.69, 9.17) is 5.11 Å². The van der Waals surface area contributed by atoms with Gasteiger partial charge in [-0.15, -0.1) is 0 Å². The van der Waals surface area contributed by atoms with Crippen molar-refractivity contribution in [1.29, 1.82) is 0 Å². The lowest BCUT2D eigenvalue weighted by molar-refractivity contribution is -0.140. The number of carbonyl (C=O) groups is 2. The Kier molecular flexibility index (Phi) is 5.83. The van der Waals surface area contributed by atoms with Gasteiger partial charge in [0.25, 0.3) is 0 Å². The van der Waals surface area contributed by atoms with Crippen molar-refractivity contribution in [2.45, 2.75) is 57.4 Å². The molecule has 1 amide bonds. The van der Waals surface area contributed by atoms with Gasteiger partial charge in [-0.1, -0.05) is 19.3 Å². The van der Waals surface area contributed by atoms with Gasteiger partial charge >= 0.3 is 5.97 Å². The molecule has 2 saturated heterocycles. The van der Waals surface area contributed by atoms with Crippen molar-refractivity contribution in [2.24, 2.45) is 0 Å². The summed E-state index contributed by atoms with van der Waals surface area (Å²) in [5, 5.41) is 8.98. The average Bonchev–Trinajstić information content (AvgIpc) is 2.69. The van der Waals surface area contributed by atoms with Crippen molar-refractivity contribution in [1.82, 2.24) is 9.80 Å². The van der Waals surface area contributed by atoms with Gasteiger partial charge in [0.2, 0.25) is 5.91 Å². The van der Waals surface area contributed by atoms with Crippen molar-refractivity contribution >= 4 is 11.9 Å². The van der Waals surface area contributed by atoms with Crippen molar-refractivity contribution in [2.75, 3.05) is 26.2 Å². The molecule has 114 valence electrons. The molecule has 2 aliphatic heterocycles. The first-order chi connectivity index (χ1) is 9.66. The smallest absolute Gasteiger partial charge is 0.304 e. The predicted molar refractivity (Wildman–Crippen MR) is 76.5 cm³/mol. The summed E-state index contributed by atoms with van der Waals surface area (Å²) in [4.78, 5) is 27.4. The number of hydrogen-bond acceptors (Lipinski definition) is 3. The summed E-state index contributed by atoms with van der Waals surface area (Å²) in [7, 11) is 0. The van der Waals surface area contributed by atoms with E-state index in [0.717, 1.165) is 51.7 Å². The highest BCUT2D eigenvalue weighted by Gasteiger charge is 2.27. The van der Waals surface area contributed by atoms with Crippen LogP contribution in [0.25, 0.3) is 0 Å². The second-order valence-corrected chi connectivity index (χ2v) is 6.01. The minimum absolute atomic E-state index is 0.0391. The summed E-state index contributed by atoms with van der Waals surface area (Å²) in [5.74, 6) is -0.576. The van der Waals surface area contributed by atoms with E-state index in [1.165, 1.54) is 12.8 Å². The molecule has 1 atom stereocenters. The van der Waals surface area contributed by atoms with E-state index in [0.29, 0.717) is 6.54 Å². The summed E-state index contributed by atoms with van der Waals surface area (Å²) in [5.41, 5.74) is 0. The quantitative estimate of drug-likeness (QED) is 0.853. The average molecular weight is 282 g/mol. The molecular weight excluding hydrogens is 256 g/mol. The highest BCUT2D eigenvalue weighted by atomic mass is 16.4. The lowest BCUT2D eigenvalue weighted by atomic mass is 9.99. The summed E-state index contributed by atoms with van der Waals surface area (Å²) in [6, 6.07) is 0.0391. The van der Waals surface area contributed by atoms with Crippen molar-refractivity contribution < 1.29 is 14.7 Å². The van der Waals surface area contributed by atoms with Crippen LogP contribution >= 0.6 is 0 Å². The summed E-state index contributed by atoms with van der Waals surface area (Å²) < 4.78 is 0. The standard InChI is InChI=1S/C15H26N2O3/c18-14(16-8-4-1-2-5-9-16)12-17-10-6-3-7-13(17)11-15(19)20/h13H,1-12H2,(H,19,20). The number of carboxylic acid groups (broad SMARTS) is 1. The number of nitrogens with zero attached hydrogens (tertiary/aromatic N) is 2. The van der Waals surface area contributed by atoms with Crippen LogP contribution in [0, 0.1) is 0 Å². The van der Waals surface area contributed by atoms with Gasteiger partial charge in [0.05, 0.1) is 13.0 Å². The monoisotopic (exact) mass is 282 g/mol. The third kappa shape index (κ3) is 4.47. The highest BCUT2D eigenvalue weighted by molar-refractivity contribution is 5.78. The van der Waals surface area contributed by atoms with E-state index in [1.54, 1.807) is 0 Å². The van der Waals surface area contributed by atoms with E-state index < -0.39 is 5.97 Å². The lowest BCUT2D eigenvalue weighted by Crippen LogP contribution is -2.47. The van der Waals surface area contributed by atoms with Crippen LogP contribution in [-0.4, -0.2) is 59.0 Å². The molecular formula is C15H26N2O3. The van der Waals surface area contributed by atoms with E-state index in [1.807, 2.05) is 4.90 Å². The minimum Gasteiger partial charge on any atom is -0.481 e. The maximum absolute atomic E-state index is 12.4. The van der Waals surface area contributed by atoms with Gasteiger partial charge in [-0.3, -0.25) is 14.5 Å². The number of likely N-dealkylation sites (tertiary alicyclic amines) is 2. The highest BCUT2D eigenvalue weighted by Crippen LogP contribution is 2.20. The number of amides is 1. The molecule has 2 fully saturated rings. The molecule has 2 aliphatic rings. The van der Waals surface area contributed by atoms with Crippen molar-refractivity contribution in [3.8, 4) is 0 Å². The SMILES string of the molecule is O=C(O)CC1CCCCN1CC(=O)N1CCCCCC1. The molecule has 5 heteroatoms. The minimum atomic E-state index is -0.760. The van der Waals surface area contributed by atoms with Crippen LogP contribution in [0.1, 0.15) is 51.4 Å². The molecule has 5 nitrogen and oxygen atoms in total. The molecule has 0 aromatic carbocycles. The fourth-order valence-electron chi connectivity index (χ4n) is 3.29. The third-order valence-corrected chi connectivity index (χ3v) is 4.46. The molecule has 2 rings (SSSR count). The van der Waals surface area contributed by atoms with Gasteiger partial charge < -0.3 is 10.0 Å². The maximum Gasteiger partial charge on any atom is 0.304 e. The molecule has 0 radical (unpaired) electrons. The lowest BCUT2D eigenvalue weighted by Gasteiger charge is -2.35. The van der Waals surface area contributed by atoms with Crippen LogP contribution in [0.15, 0.2) is 0 Å². The van der Waals surface area contributed by atoms with E-state index >= 15 is 0 Å². The Morgan fingerprint density at radius 1 is 0.950 bits per heavy atom. The number of piperidine rings is 1. The van der Waals surface area contributed by atoms with Crippen LogP contribution in [-0.2, 0) is 9.59 Å². The van der Waals surface area contributed by atoms with Gasteiger partial charge in [0, 0.05) is 19.1 Å². The van der Waals surface area contributed by atoms with E-state index in [2.05, 4.69) is 4.90 Å². The predicted octanol–water partition coefficient (Wildman–Crippen LogP) is 1.72. The Balaban J connectivity index is 1.88. The zero-order valence-corrected chi connectivity index (χ0v) is 12.2. The van der Waals surface area contributed by atoms with Gasteiger partial charge in [-0.25, -0.2) is 0 Å². The largest absolute Gasteiger partial charge is 0.481 e. The van der Waals surface area contributed by atoms with Crippen molar-refractivity contribution in [3.63, 3.8) is 0 Å². The van der Waals surface area contributed by atoms with E-state index in [-0.39, 0.29) is 18.4 Å². The Morgan fingerprint density at radius 3 is 2.25 bits per heavy atom. The molecule has 0 saturated carbocycles. The van der Waals surface area contributed by atoms with Crippen LogP contribution in [0.4, 0.5) is 0 Å². The normalized spacial score (nSPS) is 25.2. The molecule has 0 bridgehead atoms. The fourth-order valence-corrected chi connectivity index (χ4v) is 3.29. The topological polar surface area (TPSA) is 60.9 Å². The molecule has 2 heterocycles. The second kappa shape index (κ2) is 7.62. The first-order valence-corrected chi connectivity index (χ1v) is 7.90. The Morgan fingerprint density at radius 2 is 1.60 bits per heavy atom. The molecule has 0 aromatic rings. The zero-order valence-electron chi connectivity index (χ0n) is 12.2. The van der Waals surface area contributed by atoms with E-state index in [9.17, 15) is 9.59 Å². The Labute approximate surface area is 120 Å². The molecule has 20 heavy (non-hydrogen) atoms. The molecule has 1 N–H and O–H groups in total. The molecule has 1 unspecified atom stereocenters. The number of rotatable bonds is 4. The zero-order chi connectivity index (χ0) is 14.4. The molecule has 0 aromatic heterocycles. The maximum atomic E-state index is 12.4. The number of carbonyl (C=O) groups excluding carboxylic acids is 1.